The van der Waals surface area contributed by atoms with Crippen LogP contribution in [0.2, 0.25) is 0 Å². The zero-order valence-electron chi connectivity index (χ0n) is 15.7. The minimum Gasteiger partial charge on any atom is -0.382 e. The lowest BCUT2D eigenvalue weighted by molar-refractivity contribution is -0.136. The van der Waals surface area contributed by atoms with Crippen molar-refractivity contribution < 1.29 is 23.9 Å². The third-order valence-electron chi connectivity index (χ3n) is 4.81. The van der Waals surface area contributed by atoms with E-state index in [0.717, 1.165) is 11.3 Å². The SMILES string of the molecule is CCCO[C@@H](CN)CNc1cccc2c1C(=O)N(C1CCC(=O)NC1=O)C2=O. The molecule has 2 aliphatic rings. The first-order valence-corrected chi connectivity index (χ1v) is 9.38. The lowest BCUT2D eigenvalue weighted by Crippen LogP contribution is -2.54. The quantitative estimate of drug-likeness (QED) is 0.544. The average Bonchev–Trinajstić information content (AvgIpc) is 2.93. The molecule has 2 heterocycles. The summed E-state index contributed by atoms with van der Waals surface area (Å²) in [6.45, 7) is 3.28. The number of rotatable bonds is 8. The van der Waals surface area contributed by atoms with E-state index in [1.807, 2.05) is 6.92 Å². The van der Waals surface area contributed by atoms with E-state index in [4.69, 9.17) is 10.5 Å². The first-order valence-electron chi connectivity index (χ1n) is 9.38. The molecule has 4 N–H and O–H groups in total. The number of benzene rings is 1. The molecule has 28 heavy (non-hydrogen) atoms. The molecule has 0 radical (unpaired) electrons. The van der Waals surface area contributed by atoms with Gasteiger partial charge in [0.15, 0.2) is 0 Å². The number of anilines is 1. The van der Waals surface area contributed by atoms with Gasteiger partial charge in [0.25, 0.3) is 11.8 Å². The molecule has 0 spiro atoms. The molecule has 0 saturated carbocycles. The summed E-state index contributed by atoms with van der Waals surface area (Å²) in [6, 6.07) is 3.94. The van der Waals surface area contributed by atoms with Crippen molar-refractivity contribution in [2.75, 3.05) is 25.0 Å². The highest BCUT2D eigenvalue weighted by molar-refractivity contribution is 6.25. The van der Waals surface area contributed by atoms with Crippen molar-refractivity contribution in [3.8, 4) is 0 Å². The van der Waals surface area contributed by atoms with E-state index in [0.29, 0.717) is 25.4 Å². The molecule has 1 aromatic rings. The van der Waals surface area contributed by atoms with Crippen LogP contribution in [-0.2, 0) is 14.3 Å². The van der Waals surface area contributed by atoms with Gasteiger partial charge in [-0.3, -0.25) is 29.4 Å². The van der Waals surface area contributed by atoms with Gasteiger partial charge in [0.1, 0.15) is 6.04 Å². The Hall–Kier alpha value is -2.78. The van der Waals surface area contributed by atoms with Gasteiger partial charge in [-0.2, -0.15) is 0 Å². The lowest BCUT2D eigenvalue weighted by atomic mass is 10.0. The molecule has 4 amide bonds. The van der Waals surface area contributed by atoms with Gasteiger partial charge in [-0.25, -0.2) is 0 Å². The van der Waals surface area contributed by atoms with E-state index in [9.17, 15) is 19.2 Å². The van der Waals surface area contributed by atoms with Crippen LogP contribution >= 0.6 is 0 Å². The first-order chi connectivity index (χ1) is 13.5. The van der Waals surface area contributed by atoms with Gasteiger partial charge in [0, 0.05) is 31.8 Å². The molecule has 0 aromatic heterocycles. The number of hydrogen-bond acceptors (Lipinski definition) is 7. The Kier molecular flexibility index (Phi) is 6.05. The minimum absolute atomic E-state index is 0.0852. The Balaban J connectivity index is 1.80. The predicted molar refractivity (Wildman–Crippen MR) is 101 cm³/mol. The number of amides is 4. The Morgan fingerprint density at radius 3 is 2.75 bits per heavy atom. The highest BCUT2D eigenvalue weighted by Gasteiger charge is 2.45. The molecule has 1 aromatic carbocycles. The normalized spacial score (nSPS) is 20.2. The maximum Gasteiger partial charge on any atom is 0.264 e. The van der Waals surface area contributed by atoms with Gasteiger partial charge >= 0.3 is 0 Å². The zero-order valence-corrected chi connectivity index (χ0v) is 15.7. The van der Waals surface area contributed by atoms with Crippen LogP contribution in [0.15, 0.2) is 18.2 Å². The first kappa shape index (κ1) is 20.0. The van der Waals surface area contributed by atoms with Crippen molar-refractivity contribution in [2.45, 2.75) is 38.3 Å². The molecule has 2 atom stereocenters. The van der Waals surface area contributed by atoms with Crippen molar-refractivity contribution >= 4 is 29.3 Å². The molecule has 1 unspecified atom stereocenters. The fourth-order valence-electron chi connectivity index (χ4n) is 3.38. The molecule has 1 saturated heterocycles. The summed E-state index contributed by atoms with van der Waals surface area (Å²) in [7, 11) is 0. The summed E-state index contributed by atoms with van der Waals surface area (Å²) in [5, 5.41) is 5.32. The number of ether oxygens (including phenoxy) is 1. The van der Waals surface area contributed by atoms with E-state index in [2.05, 4.69) is 10.6 Å². The Morgan fingerprint density at radius 1 is 1.29 bits per heavy atom. The van der Waals surface area contributed by atoms with Gasteiger partial charge in [-0.05, 0) is 25.0 Å². The number of fused-ring (bicyclic) bond motifs is 1. The van der Waals surface area contributed by atoms with Gasteiger partial charge in [0.05, 0.1) is 17.2 Å². The van der Waals surface area contributed by atoms with Crippen LogP contribution in [0.1, 0.15) is 46.9 Å². The fraction of sp³-hybridized carbons (Fsp3) is 0.474. The van der Waals surface area contributed by atoms with E-state index < -0.39 is 29.7 Å². The van der Waals surface area contributed by atoms with Crippen molar-refractivity contribution in [2.24, 2.45) is 5.73 Å². The third kappa shape index (κ3) is 3.76. The van der Waals surface area contributed by atoms with Crippen LogP contribution < -0.4 is 16.4 Å². The van der Waals surface area contributed by atoms with Gasteiger partial charge < -0.3 is 15.8 Å². The van der Waals surface area contributed by atoms with Crippen LogP contribution in [0.25, 0.3) is 0 Å². The molecule has 150 valence electrons. The van der Waals surface area contributed by atoms with E-state index in [1.54, 1.807) is 18.2 Å². The van der Waals surface area contributed by atoms with Crippen molar-refractivity contribution in [3.63, 3.8) is 0 Å². The number of carbonyl (C=O) groups is 4. The van der Waals surface area contributed by atoms with Crippen LogP contribution in [-0.4, -0.2) is 60.4 Å². The molecule has 2 aliphatic heterocycles. The molecule has 9 nitrogen and oxygen atoms in total. The second-order valence-corrected chi connectivity index (χ2v) is 6.78. The number of nitrogens with zero attached hydrogens (tertiary/aromatic N) is 1. The highest BCUT2D eigenvalue weighted by atomic mass is 16.5. The molecular weight excluding hydrogens is 364 g/mol. The van der Waals surface area contributed by atoms with Gasteiger partial charge in [0.2, 0.25) is 11.8 Å². The third-order valence-corrected chi connectivity index (χ3v) is 4.81. The van der Waals surface area contributed by atoms with Crippen LogP contribution in [0, 0.1) is 0 Å². The van der Waals surface area contributed by atoms with Crippen LogP contribution in [0.5, 0.6) is 0 Å². The van der Waals surface area contributed by atoms with Gasteiger partial charge in [-0.15, -0.1) is 0 Å². The number of nitrogens with two attached hydrogens (primary N) is 1. The Morgan fingerprint density at radius 2 is 2.07 bits per heavy atom. The second kappa shape index (κ2) is 8.49. The van der Waals surface area contributed by atoms with Crippen LogP contribution in [0.4, 0.5) is 5.69 Å². The van der Waals surface area contributed by atoms with E-state index in [1.165, 1.54) is 0 Å². The summed E-state index contributed by atoms with van der Waals surface area (Å²) in [4.78, 5) is 50.2. The monoisotopic (exact) mass is 388 g/mol. The fourth-order valence-corrected chi connectivity index (χ4v) is 3.38. The summed E-state index contributed by atoms with van der Waals surface area (Å²) >= 11 is 0. The molecule has 0 bridgehead atoms. The molecule has 9 heteroatoms. The topological polar surface area (TPSA) is 131 Å². The maximum absolute atomic E-state index is 13.0. The zero-order chi connectivity index (χ0) is 20.3. The van der Waals surface area contributed by atoms with E-state index in [-0.39, 0.29) is 30.1 Å². The number of carbonyl (C=O) groups excluding carboxylic acids is 4. The minimum atomic E-state index is -0.984. The molecule has 3 rings (SSSR count). The van der Waals surface area contributed by atoms with Gasteiger partial charge in [-0.1, -0.05) is 13.0 Å². The Bertz CT molecular complexity index is 810. The van der Waals surface area contributed by atoms with Crippen LogP contribution in [0.3, 0.4) is 0 Å². The number of nitrogens with one attached hydrogen (secondary N) is 2. The van der Waals surface area contributed by atoms with Crippen molar-refractivity contribution in [1.82, 2.24) is 10.2 Å². The van der Waals surface area contributed by atoms with E-state index >= 15 is 0 Å². The standard InChI is InChI=1S/C19H24N4O5/c1-2-8-28-11(9-20)10-21-13-5-3-4-12-16(13)19(27)23(18(12)26)14-6-7-15(24)22-17(14)25/h3-5,11,14,21H,2,6-10,20H2,1H3,(H,22,24,25)/t11-,14?/m0/s1. The Labute approximate surface area is 162 Å². The largest absolute Gasteiger partial charge is 0.382 e. The number of piperidine rings is 1. The summed E-state index contributed by atoms with van der Waals surface area (Å²) in [5.41, 5.74) is 6.67. The second-order valence-electron chi connectivity index (χ2n) is 6.78. The smallest absolute Gasteiger partial charge is 0.264 e. The number of hydrogen-bond donors (Lipinski definition) is 3. The maximum atomic E-state index is 13.0. The molecular formula is C19H24N4O5. The summed E-state index contributed by atoms with van der Waals surface area (Å²) in [6.07, 6.45) is 0.848. The number of imide groups is 2. The van der Waals surface area contributed by atoms with Crippen molar-refractivity contribution in [1.29, 1.82) is 0 Å². The van der Waals surface area contributed by atoms with Crippen molar-refractivity contribution in [3.05, 3.63) is 29.3 Å². The molecule has 0 aliphatic carbocycles. The highest BCUT2D eigenvalue weighted by Crippen LogP contribution is 2.32. The predicted octanol–water partition coefficient (Wildman–Crippen LogP) is 0.254. The average molecular weight is 388 g/mol. The summed E-state index contributed by atoms with van der Waals surface area (Å²) < 4.78 is 5.64. The lowest BCUT2D eigenvalue weighted by Gasteiger charge is -2.27. The summed E-state index contributed by atoms with van der Waals surface area (Å²) in [5.74, 6) is -2.11. The molecule has 1 fully saturated rings.